The fourth-order valence-electron chi connectivity index (χ4n) is 5.61. The van der Waals surface area contributed by atoms with Crippen molar-refractivity contribution in [3.05, 3.63) is 82.9 Å². The lowest BCUT2D eigenvalue weighted by atomic mass is 10.1. The monoisotopic (exact) mass is 760 g/mol. The van der Waals surface area contributed by atoms with E-state index in [2.05, 4.69) is 33.2 Å². The van der Waals surface area contributed by atoms with Crippen LogP contribution < -0.4 is 35.5 Å². The standard InChI is InChI=1S/C41H56N6O8/c1-29-14-15-31(35(26-29)54-24-10-9-18-42-39(50)47-22-20-46(5)21-23-47)28-44-37(48)30-16-17-33(36(27-30)52-6)45-38(49)32-12-7-8-13-34(32)53-25-11-19-43-40(51)55-41(2,3)4/h7-8,12-17,26-27H,9-11,18-25,28H2,1-6H3,(H,42,50)(H,43,51)(H,44,48)(H,45,49). The van der Waals surface area contributed by atoms with Crippen molar-refractivity contribution >= 4 is 29.6 Å². The topological polar surface area (TPSA) is 160 Å². The fraction of sp³-hybridized carbons (Fsp3) is 0.463. The van der Waals surface area contributed by atoms with Gasteiger partial charge in [0.15, 0.2) is 0 Å². The molecule has 1 aliphatic rings. The number of likely N-dealkylation sites (N-methyl/N-ethyl adjacent to an activating group) is 1. The van der Waals surface area contributed by atoms with Crippen molar-refractivity contribution in [1.82, 2.24) is 25.8 Å². The van der Waals surface area contributed by atoms with Gasteiger partial charge in [0, 0.05) is 56.9 Å². The average Bonchev–Trinajstić information content (AvgIpc) is 3.15. The number of benzene rings is 3. The first-order valence-electron chi connectivity index (χ1n) is 18.7. The van der Waals surface area contributed by atoms with E-state index in [1.807, 2.05) is 30.0 Å². The van der Waals surface area contributed by atoms with Crippen LogP contribution in [0.5, 0.6) is 17.2 Å². The fourth-order valence-corrected chi connectivity index (χ4v) is 5.61. The highest BCUT2D eigenvalue weighted by Gasteiger charge is 2.20. The molecule has 1 saturated heterocycles. The SMILES string of the molecule is COc1cc(C(=O)NCc2ccc(C)cc2OCCCCNC(=O)N2CCN(C)CC2)ccc1NC(=O)c1ccccc1OCCCNC(=O)OC(C)(C)C. The molecule has 0 unspecified atom stereocenters. The second kappa shape index (κ2) is 20.8. The van der Waals surface area contributed by atoms with Gasteiger partial charge in [-0.1, -0.05) is 24.3 Å². The molecule has 0 radical (unpaired) electrons. The molecular weight excluding hydrogens is 704 g/mol. The van der Waals surface area contributed by atoms with Gasteiger partial charge in [-0.25, -0.2) is 9.59 Å². The molecule has 4 N–H and O–H groups in total. The number of hydrogen-bond donors (Lipinski definition) is 4. The minimum atomic E-state index is -0.584. The minimum Gasteiger partial charge on any atom is -0.495 e. The van der Waals surface area contributed by atoms with Gasteiger partial charge in [-0.3, -0.25) is 9.59 Å². The van der Waals surface area contributed by atoms with Crippen LogP contribution in [0.1, 0.15) is 71.9 Å². The number of aryl methyl sites for hydroxylation is 1. The third-order valence-electron chi connectivity index (χ3n) is 8.65. The summed E-state index contributed by atoms with van der Waals surface area (Å²) in [6, 6.07) is 17.5. The Morgan fingerprint density at radius 3 is 2.20 bits per heavy atom. The van der Waals surface area contributed by atoms with Crippen LogP contribution >= 0.6 is 0 Å². The van der Waals surface area contributed by atoms with Crippen LogP contribution in [0.25, 0.3) is 0 Å². The van der Waals surface area contributed by atoms with Gasteiger partial charge in [0.25, 0.3) is 11.8 Å². The highest BCUT2D eigenvalue weighted by atomic mass is 16.6. The lowest BCUT2D eigenvalue weighted by Crippen LogP contribution is -2.50. The Kier molecular flexibility index (Phi) is 16.0. The van der Waals surface area contributed by atoms with Crippen molar-refractivity contribution in [3.8, 4) is 17.2 Å². The number of nitrogens with one attached hydrogen (secondary N) is 4. The molecule has 0 spiro atoms. The van der Waals surface area contributed by atoms with Crippen molar-refractivity contribution in [2.75, 3.05) is 72.0 Å². The van der Waals surface area contributed by atoms with Crippen molar-refractivity contribution in [1.29, 1.82) is 0 Å². The number of amides is 5. The molecule has 14 nitrogen and oxygen atoms in total. The van der Waals surface area contributed by atoms with E-state index < -0.39 is 17.6 Å². The number of urea groups is 1. The number of carbonyl (C=O) groups is 4. The molecule has 0 aromatic heterocycles. The molecule has 3 aromatic carbocycles. The molecule has 0 bridgehead atoms. The number of unbranched alkanes of at least 4 members (excludes halogenated alkanes) is 1. The molecular formula is C41H56N6O8. The third-order valence-corrected chi connectivity index (χ3v) is 8.65. The largest absolute Gasteiger partial charge is 0.495 e. The van der Waals surface area contributed by atoms with Crippen LogP contribution in [0, 0.1) is 6.92 Å². The molecule has 298 valence electrons. The number of anilines is 1. The van der Waals surface area contributed by atoms with Crippen LogP contribution in [0.3, 0.4) is 0 Å². The summed E-state index contributed by atoms with van der Waals surface area (Å²) in [5, 5.41) is 11.5. The van der Waals surface area contributed by atoms with Gasteiger partial charge in [0.2, 0.25) is 0 Å². The molecule has 4 rings (SSSR count). The third kappa shape index (κ3) is 14.0. The van der Waals surface area contributed by atoms with Gasteiger partial charge in [0.05, 0.1) is 31.6 Å². The zero-order valence-corrected chi connectivity index (χ0v) is 32.9. The first-order valence-corrected chi connectivity index (χ1v) is 18.7. The smallest absolute Gasteiger partial charge is 0.407 e. The average molecular weight is 761 g/mol. The van der Waals surface area contributed by atoms with Crippen LogP contribution in [0.4, 0.5) is 15.3 Å². The summed E-state index contributed by atoms with van der Waals surface area (Å²) in [6.07, 6.45) is 1.55. The Morgan fingerprint density at radius 2 is 1.45 bits per heavy atom. The van der Waals surface area contributed by atoms with Crippen LogP contribution in [-0.2, 0) is 11.3 Å². The summed E-state index contributed by atoms with van der Waals surface area (Å²) >= 11 is 0. The molecule has 3 aromatic rings. The molecule has 0 atom stereocenters. The van der Waals surface area contributed by atoms with Crippen molar-refractivity contribution < 1.29 is 38.1 Å². The Labute approximate surface area is 324 Å². The number of para-hydroxylation sites is 1. The summed E-state index contributed by atoms with van der Waals surface area (Å²) in [6.45, 7) is 12.5. The van der Waals surface area contributed by atoms with E-state index in [-0.39, 0.29) is 25.1 Å². The Balaban J connectivity index is 1.25. The number of ether oxygens (including phenoxy) is 4. The Bertz CT molecular complexity index is 1750. The molecule has 1 fully saturated rings. The highest BCUT2D eigenvalue weighted by Crippen LogP contribution is 2.28. The Morgan fingerprint density at radius 1 is 0.745 bits per heavy atom. The number of hydrogen-bond acceptors (Lipinski definition) is 9. The molecule has 0 saturated carbocycles. The maximum absolute atomic E-state index is 13.3. The van der Waals surface area contributed by atoms with E-state index in [0.29, 0.717) is 60.2 Å². The van der Waals surface area contributed by atoms with Crippen molar-refractivity contribution in [2.45, 2.75) is 59.1 Å². The van der Waals surface area contributed by atoms with Crippen molar-refractivity contribution in [3.63, 3.8) is 0 Å². The van der Waals surface area contributed by atoms with Gasteiger partial charge < -0.3 is 50.0 Å². The Hall–Kier alpha value is -5.50. The van der Waals surface area contributed by atoms with E-state index in [1.54, 1.807) is 63.2 Å². The van der Waals surface area contributed by atoms with Crippen LogP contribution in [0.15, 0.2) is 60.7 Å². The summed E-state index contributed by atoms with van der Waals surface area (Å²) in [5.41, 5.74) is 2.34. The minimum absolute atomic E-state index is 0.0189. The molecule has 14 heteroatoms. The number of carbonyl (C=O) groups excluding carboxylic acids is 4. The zero-order valence-electron chi connectivity index (χ0n) is 32.9. The number of nitrogens with zero attached hydrogens (tertiary/aromatic N) is 2. The summed E-state index contributed by atoms with van der Waals surface area (Å²) < 4.78 is 22.8. The van der Waals surface area contributed by atoms with Crippen LogP contribution in [0.2, 0.25) is 0 Å². The molecule has 1 aliphatic heterocycles. The zero-order chi connectivity index (χ0) is 39.8. The van der Waals surface area contributed by atoms with Gasteiger partial charge >= 0.3 is 12.1 Å². The van der Waals surface area contributed by atoms with E-state index in [9.17, 15) is 19.2 Å². The maximum atomic E-state index is 13.3. The lowest BCUT2D eigenvalue weighted by molar-refractivity contribution is 0.0525. The van der Waals surface area contributed by atoms with Gasteiger partial charge in [-0.05, 0) is 96.0 Å². The number of methoxy groups -OCH3 is 1. The maximum Gasteiger partial charge on any atom is 0.407 e. The summed E-state index contributed by atoms with van der Waals surface area (Å²) in [4.78, 5) is 54.9. The second-order valence-corrected chi connectivity index (χ2v) is 14.4. The number of piperazine rings is 1. The lowest BCUT2D eigenvalue weighted by Gasteiger charge is -2.32. The quantitative estimate of drug-likeness (QED) is 0.129. The molecule has 0 aliphatic carbocycles. The molecule has 1 heterocycles. The number of alkyl carbamates (subject to hydrolysis) is 1. The normalized spacial score (nSPS) is 13.0. The summed E-state index contributed by atoms with van der Waals surface area (Å²) in [7, 11) is 3.52. The molecule has 5 amide bonds. The van der Waals surface area contributed by atoms with E-state index in [0.717, 1.165) is 50.1 Å². The van der Waals surface area contributed by atoms with Gasteiger partial charge in [-0.15, -0.1) is 0 Å². The van der Waals surface area contributed by atoms with Crippen molar-refractivity contribution in [2.24, 2.45) is 0 Å². The number of rotatable bonds is 17. The van der Waals surface area contributed by atoms with E-state index in [4.69, 9.17) is 18.9 Å². The summed E-state index contributed by atoms with van der Waals surface area (Å²) in [5.74, 6) is 0.654. The first kappa shape index (κ1) is 42.2. The predicted molar refractivity (Wildman–Crippen MR) is 211 cm³/mol. The van der Waals surface area contributed by atoms with E-state index in [1.165, 1.54) is 7.11 Å². The first-order chi connectivity index (χ1) is 26.3. The predicted octanol–water partition coefficient (Wildman–Crippen LogP) is 5.60. The molecule has 55 heavy (non-hydrogen) atoms. The van der Waals surface area contributed by atoms with Gasteiger partial charge in [0.1, 0.15) is 22.8 Å². The van der Waals surface area contributed by atoms with Gasteiger partial charge in [-0.2, -0.15) is 0 Å². The van der Waals surface area contributed by atoms with E-state index >= 15 is 0 Å². The second-order valence-electron chi connectivity index (χ2n) is 14.4. The highest BCUT2D eigenvalue weighted by molar-refractivity contribution is 6.07. The van der Waals surface area contributed by atoms with Crippen LogP contribution in [-0.4, -0.2) is 106 Å².